The van der Waals surface area contributed by atoms with Gasteiger partial charge in [-0.2, -0.15) is 0 Å². The van der Waals surface area contributed by atoms with E-state index in [4.69, 9.17) is 18.9 Å². The number of esters is 1. The molecule has 16 atom stereocenters. The van der Waals surface area contributed by atoms with Gasteiger partial charge in [0, 0.05) is 18.3 Å². The van der Waals surface area contributed by atoms with E-state index < -0.39 is 59.6 Å². The van der Waals surface area contributed by atoms with Gasteiger partial charge in [-0.15, -0.1) is 0 Å². The summed E-state index contributed by atoms with van der Waals surface area (Å²) in [5.41, 5.74) is -2.38. The normalized spacial score (nSPS) is 55.4. The molecule has 2 aliphatic heterocycles. The third-order valence-corrected chi connectivity index (χ3v) is 15.8. The minimum absolute atomic E-state index is 0.0402. The summed E-state index contributed by atoms with van der Waals surface area (Å²) in [7, 11) is 0. The van der Waals surface area contributed by atoms with Gasteiger partial charge < -0.3 is 44.5 Å². The molecule has 7 fully saturated rings. The second-order valence-corrected chi connectivity index (χ2v) is 18.6. The van der Waals surface area contributed by atoms with E-state index in [0.29, 0.717) is 25.4 Å². The molecule has 5 N–H and O–H groups in total. The average Bonchev–Trinajstić information content (AvgIpc) is 3.61. The lowest BCUT2D eigenvalue weighted by Crippen LogP contribution is -2.62. The zero-order valence-corrected chi connectivity index (χ0v) is 29.7. The van der Waals surface area contributed by atoms with Crippen LogP contribution in [0.1, 0.15) is 113 Å². The molecule has 10 heteroatoms. The standard InChI is InChI=1S/C37H60O10/c1-19-17-22(28(32(5,6)42)45-20(2)38)47-37(43)27(19)33(7)14-15-36-18-35(36)13-11-25(46-29-26(40)21(39)12-16-44-29)31(3,4)23(35)9-10-24(36)34(33,8)30(37)41/h19,21-30,39-43H,9-18H2,1-8H3. The van der Waals surface area contributed by atoms with E-state index in [1.165, 1.54) is 6.92 Å². The molecule has 7 rings (SSSR count). The summed E-state index contributed by atoms with van der Waals surface area (Å²) >= 11 is 0. The van der Waals surface area contributed by atoms with Crippen LogP contribution < -0.4 is 0 Å². The van der Waals surface area contributed by atoms with Gasteiger partial charge in [0.25, 0.3) is 0 Å². The lowest BCUT2D eigenvalue weighted by atomic mass is 9.41. The van der Waals surface area contributed by atoms with Crippen molar-refractivity contribution in [3.05, 3.63) is 0 Å². The fourth-order valence-electron chi connectivity index (χ4n) is 13.8. The number of rotatable bonds is 5. The SMILES string of the molecule is CC(=O)OC(C1CC(C)C2C(O)(O1)C(O)C1(C)C3CCC4C(C)(C)C(OC5OCCC(O)C5O)CCC45CC35CCC21C)C(C)(C)O. The summed E-state index contributed by atoms with van der Waals surface area (Å²) in [6, 6.07) is 0. The second-order valence-electron chi connectivity index (χ2n) is 18.6. The first-order valence-electron chi connectivity index (χ1n) is 18.3. The number of hydrogen-bond acceptors (Lipinski definition) is 10. The van der Waals surface area contributed by atoms with Crippen LogP contribution in [-0.4, -0.2) is 92.4 Å². The molecule has 0 amide bonds. The number of hydrogen-bond donors (Lipinski definition) is 5. The van der Waals surface area contributed by atoms with E-state index in [0.717, 1.165) is 44.9 Å². The third kappa shape index (κ3) is 4.40. The Hall–Kier alpha value is -0.850. The van der Waals surface area contributed by atoms with Crippen LogP contribution in [0.5, 0.6) is 0 Å². The highest BCUT2D eigenvalue weighted by Crippen LogP contribution is 2.89. The van der Waals surface area contributed by atoms with Crippen LogP contribution in [0.2, 0.25) is 0 Å². The van der Waals surface area contributed by atoms with E-state index in [1.54, 1.807) is 13.8 Å². The molecule has 0 aromatic heterocycles. The van der Waals surface area contributed by atoms with Crippen molar-refractivity contribution in [1.29, 1.82) is 0 Å². The first-order chi connectivity index (χ1) is 21.7. The molecule has 7 aliphatic rings. The van der Waals surface area contributed by atoms with Gasteiger partial charge in [0.05, 0.1) is 24.4 Å². The molecule has 5 saturated carbocycles. The van der Waals surface area contributed by atoms with E-state index in [1.807, 2.05) is 0 Å². The molecule has 5 aliphatic carbocycles. The zero-order valence-electron chi connectivity index (χ0n) is 29.7. The van der Waals surface area contributed by atoms with Gasteiger partial charge in [-0.25, -0.2) is 0 Å². The van der Waals surface area contributed by atoms with Crippen LogP contribution in [-0.2, 0) is 23.7 Å². The van der Waals surface area contributed by atoms with Gasteiger partial charge in [0.15, 0.2) is 18.2 Å². The molecule has 0 radical (unpaired) electrons. The first-order valence-corrected chi connectivity index (χ1v) is 18.3. The molecule has 10 nitrogen and oxygen atoms in total. The molecule has 0 bridgehead atoms. The number of ether oxygens (including phenoxy) is 4. The largest absolute Gasteiger partial charge is 0.457 e. The van der Waals surface area contributed by atoms with Crippen molar-refractivity contribution in [3.63, 3.8) is 0 Å². The van der Waals surface area contributed by atoms with Gasteiger partial charge in [-0.3, -0.25) is 4.79 Å². The molecular formula is C37H60O10. The van der Waals surface area contributed by atoms with Gasteiger partial charge in [-0.05, 0) is 111 Å². The van der Waals surface area contributed by atoms with Crippen molar-refractivity contribution in [1.82, 2.24) is 0 Å². The molecule has 0 aromatic carbocycles. The summed E-state index contributed by atoms with van der Waals surface area (Å²) in [4.78, 5) is 12.1. The van der Waals surface area contributed by atoms with Crippen LogP contribution in [0, 0.1) is 50.7 Å². The van der Waals surface area contributed by atoms with Crippen molar-refractivity contribution in [2.75, 3.05) is 6.61 Å². The summed E-state index contributed by atoms with van der Waals surface area (Å²) in [6.07, 6.45) is 2.02. The molecule has 268 valence electrons. The van der Waals surface area contributed by atoms with Gasteiger partial charge in [0.1, 0.15) is 18.3 Å². The smallest absolute Gasteiger partial charge is 0.303 e. The van der Waals surface area contributed by atoms with Crippen molar-refractivity contribution in [3.8, 4) is 0 Å². The molecular weight excluding hydrogens is 604 g/mol. The van der Waals surface area contributed by atoms with E-state index >= 15 is 0 Å². The quantitative estimate of drug-likeness (QED) is 0.217. The van der Waals surface area contributed by atoms with Crippen LogP contribution in [0.4, 0.5) is 0 Å². The monoisotopic (exact) mass is 664 g/mol. The summed E-state index contributed by atoms with van der Waals surface area (Å²) < 4.78 is 24.4. The van der Waals surface area contributed by atoms with Gasteiger partial charge in [0.2, 0.25) is 0 Å². The maximum Gasteiger partial charge on any atom is 0.303 e. The summed E-state index contributed by atoms with van der Waals surface area (Å²) in [5, 5.41) is 57.0. The van der Waals surface area contributed by atoms with Gasteiger partial charge >= 0.3 is 5.97 Å². The Morgan fingerprint density at radius 3 is 2.28 bits per heavy atom. The average molecular weight is 665 g/mol. The molecule has 0 aromatic rings. The molecule has 2 saturated heterocycles. The Balaban J connectivity index is 1.18. The number of aliphatic hydroxyl groups excluding tert-OH is 3. The minimum atomic E-state index is -1.84. The van der Waals surface area contributed by atoms with Crippen molar-refractivity contribution >= 4 is 5.97 Å². The molecule has 2 spiro atoms. The van der Waals surface area contributed by atoms with Gasteiger partial charge in [-0.1, -0.05) is 34.6 Å². The van der Waals surface area contributed by atoms with Crippen LogP contribution in [0.3, 0.4) is 0 Å². The minimum Gasteiger partial charge on any atom is -0.457 e. The number of carbonyl (C=O) groups is 1. The Morgan fingerprint density at radius 1 is 0.957 bits per heavy atom. The molecule has 47 heavy (non-hydrogen) atoms. The predicted molar refractivity (Wildman–Crippen MR) is 170 cm³/mol. The highest BCUT2D eigenvalue weighted by molar-refractivity contribution is 5.66. The second kappa shape index (κ2) is 10.6. The summed E-state index contributed by atoms with van der Waals surface area (Å²) in [5.74, 6) is -2.10. The number of carbonyl (C=O) groups excluding carboxylic acids is 1. The number of aliphatic hydroxyl groups is 5. The lowest BCUT2D eigenvalue weighted by Gasteiger charge is -2.63. The fourth-order valence-corrected chi connectivity index (χ4v) is 13.8. The maximum atomic E-state index is 12.6. The highest BCUT2D eigenvalue weighted by Gasteiger charge is 2.86. The first kappa shape index (κ1) is 34.6. The zero-order chi connectivity index (χ0) is 34.3. The molecule has 16 unspecified atom stereocenters. The Labute approximate surface area is 279 Å². The highest BCUT2D eigenvalue weighted by atomic mass is 16.7. The Morgan fingerprint density at radius 2 is 1.62 bits per heavy atom. The number of fused-ring (bicyclic) bond motifs is 4. The molecule has 2 heterocycles. The van der Waals surface area contributed by atoms with E-state index in [2.05, 4.69) is 34.6 Å². The van der Waals surface area contributed by atoms with E-state index in [9.17, 15) is 30.3 Å². The fraction of sp³-hybridized carbons (Fsp3) is 0.973. The summed E-state index contributed by atoms with van der Waals surface area (Å²) in [6.45, 7) is 16.0. The maximum absolute atomic E-state index is 12.6. The Kier molecular flexibility index (Phi) is 7.80. The third-order valence-electron chi connectivity index (χ3n) is 15.8. The topological polar surface area (TPSA) is 155 Å². The van der Waals surface area contributed by atoms with Crippen molar-refractivity contribution in [2.45, 2.75) is 167 Å². The van der Waals surface area contributed by atoms with E-state index in [-0.39, 0.29) is 45.5 Å². The van der Waals surface area contributed by atoms with Crippen molar-refractivity contribution < 1.29 is 49.3 Å². The van der Waals surface area contributed by atoms with Crippen LogP contribution in [0.25, 0.3) is 0 Å². The Bertz CT molecular complexity index is 1270. The lowest BCUT2D eigenvalue weighted by molar-refractivity contribution is -0.342. The predicted octanol–water partition coefficient (Wildman–Crippen LogP) is 3.68. The van der Waals surface area contributed by atoms with Crippen LogP contribution in [0.15, 0.2) is 0 Å². The van der Waals surface area contributed by atoms with Crippen LogP contribution >= 0.6 is 0 Å². The van der Waals surface area contributed by atoms with Crippen molar-refractivity contribution in [2.24, 2.45) is 50.7 Å².